The summed E-state index contributed by atoms with van der Waals surface area (Å²) < 4.78 is 69.9. The summed E-state index contributed by atoms with van der Waals surface area (Å²) in [7, 11) is -4.71. The molecule has 0 fully saturated rings. The van der Waals surface area contributed by atoms with Crippen molar-refractivity contribution in [1.82, 2.24) is 4.98 Å². The van der Waals surface area contributed by atoms with Gasteiger partial charge in [0.2, 0.25) is 10.0 Å². The summed E-state index contributed by atoms with van der Waals surface area (Å²) in [5, 5.41) is 8.82. The second-order valence-corrected chi connectivity index (χ2v) is 8.32. The van der Waals surface area contributed by atoms with E-state index in [0.717, 1.165) is 0 Å². The molecule has 31 heavy (non-hydrogen) atoms. The van der Waals surface area contributed by atoms with Gasteiger partial charge in [-0.3, -0.25) is 9.29 Å². The fourth-order valence-corrected chi connectivity index (χ4v) is 4.03. The van der Waals surface area contributed by atoms with Gasteiger partial charge >= 0.3 is 6.18 Å². The van der Waals surface area contributed by atoms with Crippen LogP contribution in [-0.2, 0) is 16.6 Å². The van der Waals surface area contributed by atoms with Crippen LogP contribution in [-0.4, -0.2) is 25.3 Å². The highest BCUT2D eigenvalue weighted by molar-refractivity contribution is 7.92. The number of rotatable bonds is 7. The Kier molecular flexibility index (Phi) is 6.46. The molecule has 0 bridgehead atoms. The maximum Gasteiger partial charge on any atom is 0.404 e. The van der Waals surface area contributed by atoms with E-state index in [9.17, 15) is 21.6 Å². The van der Waals surface area contributed by atoms with Crippen LogP contribution >= 0.6 is 0 Å². The van der Waals surface area contributed by atoms with Crippen LogP contribution in [0.1, 0.15) is 11.3 Å². The number of hydrogen-bond acceptors (Lipinski definition) is 5. The van der Waals surface area contributed by atoms with Crippen LogP contribution in [0.25, 0.3) is 0 Å². The van der Waals surface area contributed by atoms with E-state index >= 15 is 0 Å². The van der Waals surface area contributed by atoms with Crippen molar-refractivity contribution in [2.24, 2.45) is 0 Å². The van der Waals surface area contributed by atoms with Crippen molar-refractivity contribution in [3.8, 4) is 17.6 Å². The van der Waals surface area contributed by atoms with Gasteiger partial charge in [-0.15, -0.1) is 0 Å². The summed E-state index contributed by atoms with van der Waals surface area (Å²) in [6.07, 6.45) is -3.46. The summed E-state index contributed by atoms with van der Waals surface area (Å²) >= 11 is 0. The SMILES string of the molecule is N#Cc1ccc(Oc2ccc(N(Cc3ccccn3)S(=O)(=O)CC(F)(F)F)cc2)cc1. The molecule has 0 aliphatic rings. The zero-order chi connectivity index (χ0) is 22.5. The Balaban J connectivity index is 1.86. The maximum absolute atomic E-state index is 12.9. The van der Waals surface area contributed by atoms with Gasteiger partial charge in [0.1, 0.15) is 11.5 Å². The smallest absolute Gasteiger partial charge is 0.404 e. The highest BCUT2D eigenvalue weighted by atomic mass is 32.2. The Hall–Kier alpha value is -3.58. The van der Waals surface area contributed by atoms with E-state index in [-0.39, 0.29) is 12.2 Å². The molecule has 0 amide bonds. The zero-order valence-electron chi connectivity index (χ0n) is 16.0. The number of nitriles is 1. The molecule has 1 aromatic heterocycles. The van der Waals surface area contributed by atoms with Crippen LogP contribution < -0.4 is 9.04 Å². The van der Waals surface area contributed by atoms with Gasteiger partial charge in [-0.2, -0.15) is 18.4 Å². The standard InChI is InChI=1S/C21H16F3N3O3S/c22-21(23,24)15-31(28,29)27(14-17-3-1-2-12-26-17)18-6-10-20(11-7-18)30-19-8-4-16(13-25)5-9-19/h1-12H,14-15H2. The molecule has 0 spiro atoms. The van der Waals surface area contributed by atoms with E-state index in [1.54, 1.807) is 36.4 Å². The first-order valence-corrected chi connectivity index (χ1v) is 10.5. The Morgan fingerprint density at radius 1 is 0.968 bits per heavy atom. The van der Waals surface area contributed by atoms with Gasteiger partial charge in [-0.05, 0) is 60.7 Å². The zero-order valence-corrected chi connectivity index (χ0v) is 16.8. The average Bonchev–Trinajstić information content (AvgIpc) is 2.72. The molecule has 0 saturated carbocycles. The molecule has 3 aromatic rings. The van der Waals surface area contributed by atoms with Gasteiger partial charge in [0, 0.05) is 6.20 Å². The van der Waals surface area contributed by atoms with Gasteiger partial charge in [0.05, 0.1) is 29.6 Å². The molecule has 0 radical (unpaired) electrons. The first-order valence-electron chi connectivity index (χ1n) is 8.91. The number of alkyl halides is 3. The topological polar surface area (TPSA) is 83.3 Å². The van der Waals surface area contributed by atoms with Crippen molar-refractivity contribution in [3.05, 3.63) is 84.2 Å². The molecule has 160 valence electrons. The van der Waals surface area contributed by atoms with E-state index in [2.05, 4.69) is 4.98 Å². The number of pyridine rings is 1. The van der Waals surface area contributed by atoms with E-state index in [4.69, 9.17) is 10.00 Å². The third-order valence-corrected chi connectivity index (χ3v) is 5.76. The van der Waals surface area contributed by atoms with Crippen LogP contribution in [0.4, 0.5) is 18.9 Å². The van der Waals surface area contributed by atoms with Crippen molar-refractivity contribution < 1.29 is 26.3 Å². The second-order valence-electron chi connectivity index (χ2n) is 6.43. The highest BCUT2D eigenvalue weighted by Gasteiger charge is 2.38. The van der Waals surface area contributed by atoms with Crippen LogP contribution in [0.15, 0.2) is 72.9 Å². The normalized spacial score (nSPS) is 11.5. The number of benzene rings is 2. The number of ether oxygens (including phenoxy) is 1. The third kappa shape index (κ3) is 6.20. The Morgan fingerprint density at radius 3 is 2.10 bits per heavy atom. The molecule has 0 N–H and O–H groups in total. The first-order chi connectivity index (χ1) is 14.7. The number of aromatic nitrogens is 1. The molecular weight excluding hydrogens is 431 g/mol. The van der Waals surface area contributed by atoms with Crippen molar-refractivity contribution in [2.45, 2.75) is 12.7 Å². The maximum atomic E-state index is 12.9. The minimum atomic E-state index is -4.89. The van der Waals surface area contributed by atoms with Gasteiger partial charge in [0.15, 0.2) is 5.75 Å². The van der Waals surface area contributed by atoms with E-state index in [0.29, 0.717) is 27.1 Å². The molecule has 1 heterocycles. The van der Waals surface area contributed by atoms with Crippen LogP contribution in [0.2, 0.25) is 0 Å². The molecule has 0 aliphatic carbocycles. The van der Waals surface area contributed by atoms with Crippen LogP contribution in [0.3, 0.4) is 0 Å². The van der Waals surface area contributed by atoms with Gasteiger partial charge in [0.25, 0.3) is 0 Å². The lowest BCUT2D eigenvalue weighted by Gasteiger charge is -2.25. The Bertz CT molecular complexity index is 1160. The van der Waals surface area contributed by atoms with Gasteiger partial charge < -0.3 is 4.74 Å². The molecule has 0 saturated heterocycles. The largest absolute Gasteiger partial charge is 0.457 e. The summed E-state index contributed by atoms with van der Waals surface area (Å²) in [4.78, 5) is 4.01. The van der Waals surface area contributed by atoms with Crippen molar-refractivity contribution >= 4 is 15.7 Å². The number of halogens is 3. The molecule has 2 aromatic carbocycles. The molecule has 0 atom stereocenters. The number of nitrogens with zero attached hydrogens (tertiary/aromatic N) is 3. The molecular formula is C21H16F3N3O3S. The summed E-state index contributed by atoms with van der Waals surface area (Å²) in [5.74, 6) is -1.20. The summed E-state index contributed by atoms with van der Waals surface area (Å²) in [6.45, 7) is -0.352. The highest BCUT2D eigenvalue weighted by Crippen LogP contribution is 2.29. The number of sulfonamides is 1. The Morgan fingerprint density at radius 2 is 1.58 bits per heavy atom. The molecule has 0 aliphatic heterocycles. The molecule has 6 nitrogen and oxygen atoms in total. The lowest BCUT2D eigenvalue weighted by Crippen LogP contribution is -2.37. The summed E-state index contributed by atoms with van der Waals surface area (Å²) in [5.41, 5.74) is 0.802. The van der Waals surface area contributed by atoms with E-state index in [1.165, 1.54) is 36.5 Å². The number of anilines is 1. The first kappa shape index (κ1) is 22.1. The van der Waals surface area contributed by atoms with Crippen molar-refractivity contribution in [1.29, 1.82) is 5.26 Å². The third-order valence-electron chi connectivity index (χ3n) is 4.06. The lowest BCUT2D eigenvalue weighted by molar-refractivity contribution is -0.106. The minimum absolute atomic E-state index is 0.0436. The van der Waals surface area contributed by atoms with Crippen LogP contribution in [0, 0.1) is 11.3 Å². The Labute approximate surface area is 177 Å². The predicted octanol–water partition coefficient (Wildman–Crippen LogP) is 4.64. The van der Waals surface area contributed by atoms with Crippen molar-refractivity contribution in [2.75, 3.05) is 10.1 Å². The van der Waals surface area contributed by atoms with Gasteiger partial charge in [-0.25, -0.2) is 8.42 Å². The average molecular weight is 447 g/mol. The van der Waals surface area contributed by atoms with Gasteiger partial charge in [-0.1, -0.05) is 6.07 Å². The monoisotopic (exact) mass is 447 g/mol. The quantitative estimate of drug-likeness (QED) is 0.527. The van der Waals surface area contributed by atoms with Crippen LogP contribution in [0.5, 0.6) is 11.5 Å². The van der Waals surface area contributed by atoms with E-state index in [1.807, 2.05) is 6.07 Å². The molecule has 3 rings (SSSR count). The predicted molar refractivity (Wildman–Crippen MR) is 108 cm³/mol. The minimum Gasteiger partial charge on any atom is -0.457 e. The molecule has 10 heteroatoms. The van der Waals surface area contributed by atoms with Crippen molar-refractivity contribution in [3.63, 3.8) is 0 Å². The fourth-order valence-electron chi connectivity index (χ4n) is 2.69. The second kappa shape index (κ2) is 9.06. The summed E-state index contributed by atoms with van der Waals surface area (Å²) in [6, 6.07) is 18.7. The van der Waals surface area contributed by atoms with E-state index < -0.39 is 22.0 Å². The lowest BCUT2D eigenvalue weighted by atomic mass is 10.2. The molecule has 0 unspecified atom stereocenters. The number of hydrogen-bond donors (Lipinski definition) is 0. The fraction of sp³-hybridized carbons (Fsp3) is 0.143.